The number of rotatable bonds is 6. The fraction of sp³-hybridized carbons (Fsp3) is 0.467. The Hall–Kier alpha value is -1.86. The first kappa shape index (κ1) is 13.6. The predicted octanol–water partition coefficient (Wildman–Crippen LogP) is 1.38. The van der Waals surface area contributed by atoms with Gasteiger partial charge in [0.15, 0.2) is 0 Å². The van der Waals surface area contributed by atoms with Gasteiger partial charge in [-0.25, -0.2) is 0 Å². The van der Waals surface area contributed by atoms with Crippen LogP contribution >= 0.6 is 0 Å². The van der Waals surface area contributed by atoms with E-state index >= 15 is 0 Å². The Bertz CT molecular complexity index is 484. The summed E-state index contributed by atoms with van der Waals surface area (Å²) in [5.74, 6) is -0.00563. The average Bonchev–Trinajstić information content (AvgIpc) is 3.18. The van der Waals surface area contributed by atoms with Crippen molar-refractivity contribution in [3.05, 3.63) is 35.4 Å². The van der Waals surface area contributed by atoms with Crippen molar-refractivity contribution < 1.29 is 9.90 Å². The van der Waals surface area contributed by atoms with Gasteiger partial charge in [-0.3, -0.25) is 4.79 Å². The zero-order valence-corrected chi connectivity index (χ0v) is 10.9. The lowest BCUT2D eigenvalue weighted by Gasteiger charge is -2.14. The Labute approximate surface area is 113 Å². The van der Waals surface area contributed by atoms with E-state index in [0.29, 0.717) is 18.5 Å². The molecule has 1 aromatic rings. The van der Waals surface area contributed by atoms with Crippen LogP contribution < -0.4 is 5.32 Å². The number of aliphatic hydroxyl groups is 1. The van der Waals surface area contributed by atoms with Crippen molar-refractivity contribution in [1.82, 2.24) is 5.32 Å². The SMILES string of the molecule is N#Cc1ccc(CC(=O)NCC2(CCO)CC2)cc1. The lowest BCUT2D eigenvalue weighted by Crippen LogP contribution is -2.31. The second-order valence-electron chi connectivity index (χ2n) is 5.24. The Morgan fingerprint density at radius 2 is 2.05 bits per heavy atom. The number of nitrogens with one attached hydrogen (secondary N) is 1. The van der Waals surface area contributed by atoms with E-state index in [1.165, 1.54) is 0 Å². The molecule has 0 spiro atoms. The van der Waals surface area contributed by atoms with Gasteiger partial charge in [0.2, 0.25) is 5.91 Å². The van der Waals surface area contributed by atoms with Gasteiger partial charge in [0.05, 0.1) is 18.1 Å². The molecule has 0 bridgehead atoms. The highest BCUT2D eigenvalue weighted by atomic mass is 16.3. The summed E-state index contributed by atoms with van der Waals surface area (Å²) in [6.07, 6.45) is 3.28. The lowest BCUT2D eigenvalue weighted by molar-refractivity contribution is -0.120. The molecule has 100 valence electrons. The van der Waals surface area contributed by atoms with Crippen LogP contribution in [0, 0.1) is 16.7 Å². The molecule has 0 unspecified atom stereocenters. The number of carbonyl (C=O) groups excluding carboxylic acids is 1. The van der Waals surface area contributed by atoms with Crippen molar-refractivity contribution in [2.24, 2.45) is 5.41 Å². The molecule has 0 aliphatic heterocycles. The molecule has 1 amide bonds. The van der Waals surface area contributed by atoms with Gasteiger partial charge in [-0.1, -0.05) is 12.1 Å². The van der Waals surface area contributed by atoms with Crippen molar-refractivity contribution in [2.45, 2.75) is 25.7 Å². The van der Waals surface area contributed by atoms with Crippen molar-refractivity contribution in [1.29, 1.82) is 5.26 Å². The predicted molar refractivity (Wildman–Crippen MR) is 71.2 cm³/mol. The third-order valence-electron chi connectivity index (χ3n) is 3.71. The van der Waals surface area contributed by atoms with Gasteiger partial charge >= 0.3 is 0 Å². The first-order chi connectivity index (χ1) is 9.17. The molecular formula is C15H18N2O2. The van der Waals surface area contributed by atoms with Crippen molar-refractivity contribution >= 4 is 5.91 Å². The van der Waals surface area contributed by atoms with E-state index in [9.17, 15) is 4.79 Å². The third-order valence-corrected chi connectivity index (χ3v) is 3.71. The van der Waals surface area contributed by atoms with E-state index in [4.69, 9.17) is 10.4 Å². The van der Waals surface area contributed by atoms with Crippen molar-refractivity contribution in [3.8, 4) is 6.07 Å². The van der Waals surface area contributed by atoms with Crippen LogP contribution in [0.4, 0.5) is 0 Å². The van der Waals surface area contributed by atoms with Crippen LogP contribution in [0.15, 0.2) is 24.3 Å². The van der Waals surface area contributed by atoms with Crippen LogP contribution in [0.5, 0.6) is 0 Å². The summed E-state index contributed by atoms with van der Waals surface area (Å²) in [5.41, 5.74) is 1.65. The second-order valence-corrected chi connectivity index (χ2v) is 5.24. The molecule has 2 N–H and O–H groups in total. The monoisotopic (exact) mass is 258 g/mol. The molecule has 2 rings (SSSR count). The molecule has 1 aromatic carbocycles. The maximum atomic E-state index is 11.8. The van der Waals surface area contributed by atoms with Crippen LogP contribution in [0.25, 0.3) is 0 Å². The van der Waals surface area contributed by atoms with Gasteiger partial charge in [-0.2, -0.15) is 5.26 Å². The molecule has 1 aliphatic carbocycles. The summed E-state index contributed by atoms with van der Waals surface area (Å²) < 4.78 is 0. The molecule has 1 saturated carbocycles. The molecule has 0 atom stereocenters. The molecule has 19 heavy (non-hydrogen) atoms. The Morgan fingerprint density at radius 3 is 2.58 bits per heavy atom. The molecule has 0 heterocycles. The topological polar surface area (TPSA) is 73.1 Å². The zero-order chi connectivity index (χ0) is 13.7. The van der Waals surface area contributed by atoms with Crippen LogP contribution in [0.2, 0.25) is 0 Å². The minimum absolute atomic E-state index is 0.00563. The summed E-state index contributed by atoms with van der Waals surface area (Å²) in [6.45, 7) is 0.841. The van der Waals surface area contributed by atoms with Crippen molar-refractivity contribution in [3.63, 3.8) is 0 Å². The Kier molecular flexibility index (Phi) is 4.18. The number of carbonyl (C=O) groups is 1. The first-order valence-corrected chi connectivity index (χ1v) is 6.54. The number of nitrogens with zero attached hydrogens (tertiary/aromatic N) is 1. The maximum Gasteiger partial charge on any atom is 0.224 e. The summed E-state index contributed by atoms with van der Waals surface area (Å²) in [7, 11) is 0. The van der Waals surface area contributed by atoms with Crippen LogP contribution in [0.1, 0.15) is 30.4 Å². The number of aliphatic hydroxyl groups excluding tert-OH is 1. The van der Waals surface area contributed by atoms with Gasteiger partial charge in [0, 0.05) is 13.2 Å². The molecule has 0 aromatic heterocycles. The third kappa shape index (κ3) is 3.80. The summed E-state index contributed by atoms with van der Waals surface area (Å²) >= 11 is 0. The quantitative estimate of drug-likeness (QED) is 0.809. The number of hydrogen-bond acceptors (Lipinski definition) is 3. The Balaban J connectivity index is 1.79. The van der Waals surface area contributed by atoms with E-state index < -0.39 is 0 Å². The molecule has 1 aliphatic rings. The van der Waals surface area contributed by atoms with E-state index in [1.54, 1.807) is 24.3 Å². The molecule has 1 fully saturated rings. The lowest BCUT2D eigenvalue weighted by atomic mass is 10.0. The number of hydrogen-bond donors (Lipinski definition) is 2. The summed E-state index contributed by atoms with van der Waals surface area (Å²) in [6, 6.07) is 9.10. The second kappa shape index (κ2) is 5.85. The molecule has 0 saturated heterocycles. The van der Waals surface area contributed by atoms with E-state index in [2.05, 4.69) is 11.4 Å². The largest absolute Gasteiger partial charge is 0.396 e. The fourth-order valence-corrected chi connectivity index (χ4v) is 2.16. The van der Waals surface area contributed by atoms with E-state index in [-0.39, 0.29) is 17.9 Å². The van der Waals surface area contributed by atoms with E-state index in [0.717, 1.165) is 24.8 Å². The molecule has 4 nitrogen and oxygen atoms in total. The summed E-state index contributed by atoms with van der Waals surface area (Å²) in [5, 5.41) is 20.6. The fourth-order valence-electron chi connectivity index (χ4n) is 2.16. The normalized spacial score (nSPS) is 15.6. The number of benzene rings is 1. The van der Waals surface area contributed by atoms with Gasteiger partial charge in [0.25, 0.3) is 0 Å². The molecule has 0 radical (unpaired) electrons. The highest BCUT2D eigenvalue weighted by Gasteiger charge is 2.41. The van der Waals surface area contributed by atoms with Crippen LogP contribution in [0.3, 0.4) is 0 Å². The van der Waals surface area contributed by atoms with Crippen LogP contribution in [-0.2, 0) is 11.2 Å². The number of nitriles is 1. The minimum Gasteiger partial charge on any atom is -0.396 e. The zero-order valence-electron chi connectivity index (χ0n) is 10.9. The van der Waals surface area contributed by atoms with Gasteiger partial charge in [-0.15, -0.1) is 0 Å². The van der Waals surface area contributed by atoms with Gasteiger partial charge in [0.1, 0.15) is 0 Å². The standard InChI is InChI=1S/C15H18N2O2/c16-10-13-3-1-12(2-4-13)9-14(19)17-11-15(5-6-15)7-8-18/h1-4,18H,5-9,11H2,(H,17,19). The summed E-state index contributed by atoms with van der Waals surface area (Å²) in [4.78, 5) is 11.8. The van der Waals surface area contributed by atoms with Gasteiger partial charge < -0.3 is 10.4 Å². The first-order valence-electron chi connectivity index (χ1n) is 6.54. The highest BCUT2D eigenvalue weighted by Crippen LogP contribution is 2.47. The van der Waals surface area contributed by atoms with Crippen LogP contribution in [-0.4, -0.2) is 24.2 Å². The minimum atomic E-state index is -0.00563. The smallest absolute Gasteiger partial charge is 0.224 e. The van der Waals surface area contributed by atoms with Crippen molar-refractivity contribution in [2.75, 3.05) is 13.2 Å². The maximum absolute atomic E-state index is 11.8. The van der Waals surface area contributed by atoms with E-state index in [1.807, 2.05) is 0 Å². The average molecular weight is 258 g/mol. The molecular weight excluding hydrogens is 240 g/mol. The number of amides is 1. The highest BCUT2D eigenvalue weighted by molar-refractivity contribution is 5.78. The molecule has 4 heteroatoms. The van der Waals surface area contributed by atoms with Gasteiger partial charge in [-0.05, 0) is 42.4 Å². The Morgan fingerprint density at radius 1 is 1.37 bits per heavy atom.